The van der Waals surface area contributed by atoms with Crippen LogP contribution in [-0.2, 0) is 0 Å². The molecule has 1 heteroatoms. The van der Waals surface area contributed by atoms with Gasteiger partial charge in [0.1, 0.15) is 5.54 Å². The number of nitrogens with zero attached hydrogens (tertiary/aromatic N) is 1. The third-order valence-corrected chi connectivity index (χ3v) is 6.85. The lowest BCUT2D eigenvalue weighted by atomic mass is 9.97. The molecular weight excluding hydrogens is 326 g/mol. The Bertz CT molecular complexity index is 496. The summed E-state index contributed by atoms with van der Waals surface area (Å²) in [7, 11) is 4.91. The van der Waals surface area contributed by atoms with Crippen LogP contribution in [0.25, 0.3) is 0 Å². The minimum absolute atomic E-state index is 0.355. The van der Waals surface area contributed by atoms with Crippen molar-refractivity contribution in [3.8, 4) is 0 Å². The third-order valence-electron chi connectivity index (χ3n) is 6.85. The van der Waals surface area contributed by atoms with Crippen LogP contribution >= 0.6 is 0 Å². The molecular formula is C26H48N+. The molecule has 1 aliphatic carbocycles. The first-order chi connectivity index (χ1) is 12.8. The third kappa shape index (κ3) is 6.93. The molecule has 3 atom stereocenters. The summed E-state index contributed by atoms with van der Waals surface area (Å²) in [6, 6.07) is 0. The van der Waals surface area contributed by atoms with E-state index in [2.05, 4.69) is 79.6 Å². The largest absolute Gasteiger partial charge is 0.320 e. The Morgan fingerprint density at radius 1 is 1.19 bits per heavy atom. The summed E-state index contributed by atoms with van der Waals surface area (Å²) in [6.07, 6.45) is 20.1. The maximum Gasteiger partial charge on any atom is 0.121 e. The van der Waals surface area contributed by atoms with Crippen LogP contribution in [0.15, 0.2) is 36.5 Å². The molecule has 1 fully saturated rings. The number of likely N-dealkylation sites (N-methyl/N-ethyl adjacent to an activating group) is 1. The molecule has 0 spiro atoms. The number of rotatable bonds is 14. The van der Waals surface area contributed by atoms with Crippen molar-refractivity contribution in [2.45, 2.75) is 91.5 Å². The highest BCUT2D eigenvalue weighted by Gasteiger charge is 2.62. The predicted molar refractivity (Wildman–Crippen MR) is 123 cm³/mol. The highest BCUT2D eigenvalue weighted by Crippen LogP contribution is 2.55. The highest BCUT2D eigenvalue weighted by molar-refractivity contribution is 5.19. The summed E-state index contributed by atoms with van der Waals surface area (Å²) < 4.78 is 1.11. The van der Waals surface area contributed by atoms with Crippen LogP contribution < -0.4 is 0 Å². The van der Waals surface area contributed by atoms with Crippen molar-refractivity contribution < 1.29 is 4.48 Å². The zero-order valence-electron chi connectivity index (χ0n) is 19.6. The van der Waals surface area contributed by atoms with E-state index >= 15 is 0 Å². The molecule has 0 aromatic rings. The Morgan fingerprint density at radius 3 is 2.41 bits per heavy atom. The first-order valence-corrected chi connectivity index (χ1v) is 11.5. The van der Waals surface area contributed by atoms with E-state index in [4.69, 9.17) is 0 Å². The van der Waals surface area contributed by atoms with Crippen molar-refractivity contribution in [3.63, 3.8) is 0 Å². The summed E-state index contributed by atoms with van der Waals surface area (Å²) in [4.78, 5) is 0. The molecule has 1 saturated carbocycles. The maximum atomic E-state index is 4.08. The molecule has 0 saturated heterocycles. The molecule has 1 aliphatic rings. The SMILES string of the molecule is C=CC(CC)C[N+](C)(C)C1(C=CC(C)C)CC1CCCCC(=CC)CCC. The quantitative estimate of drug-likeness (QED) is 0.167. The van der Waals surface area contributed by atoms with Gasteiger partial charge in [0, 0.05) is 18.3 Å². The number of quaternary nitrogens is 1. The van der Waals surface area contributed by atoms with E-state index in [1.54, 1.807) is 5.57 Å². The lowest BCUT2D eigenvalue weighted by Gasteiger charge is -2.40. The molecule has 0 aliphatic heterocycles. The van der Waals surface area contributed by atoms with Gasteiger partial charge in [0.25, 0.3) is 0 Å². The predicted octanol–water partition coefficient (Wildman–Crippen LogP) is 7.55. The molecule has 0 aromatic heterocycles. The van der Waals surface area contributed by atoms with Crippen LogP contribution in [0.3, 0.4) is 0 Å². The molecule has 0 radical (unpaired) electrons. The zero-order valence-corrected chi connectivity index (χ0v) is 19.6. The summed E-state index contributed by atoms with van der Waals surface area (Å²) >= 11 is 0. The average molecular weight is 375 g/mol. The minimum Gasteiger partial charge on any atom is -0.320 e. The first-order valence-electron chi connectivity index (χ1n) is 11.5. The number of hydrogen-bond acceptors (Lipinski definition) is 0. The molecule has 0 aromatic carbocycles. The van der Waals surface area contributed by atoms with Gasteiger partial charge in [-0.25, -0.2) is 0 Å². The standard InChI is InChI=1S/C26H48N/c1-9-15-24(12-4)16-13-14-17-25-20-26(25,19-18-22(5)6)27(7,8)21-23(10-2)11-3/h10,12,18-19,22-23,25H,2,9,11,13-17,20-21H2,1,3-8H3/q+1. The van der Waals surface area contributed by atoms with E-state index in [0.29, 0.717) is 17.4 Å². The number of hydrogen-bond donors (Lipinski definition) is 0. The van der Waals surface area contributed by atoms with Gasteiger partial charge >= 0.3 is 0 Å². The molecule has 0 N–H and O–H groups in total. The smallest absolute Gasteiger partial charge is 0.121 e. The van der Waals surface area contributed by atoms with Crippen molar-refractivity contribution in [3.05, 3.63) is 36.5 Å². The van der Waals surface area contributed by atoms with Crippen molar-refractivity contribution in [2.24, 2.45) is 17.8 Å². The Kier molecular flexibility index (Phi) is 10.1. The van der Waals surface area contributed by atoms with Gasteiger partial charge in [-0.05, 0) is 51.0 Å². The van der Waals surface area contributed by atoms with Crippen LogP contribution in [0.2, 0.25) is 0 Å². The molecule has 0 heterocycles. The molecule has 27 heavy (non-hydrogen) atoms. The molecule has 1 rings (SSSR count). The number of unbranched alkanes of at least 4 members (excludes halogenated alkanes) is 1. The highest BCUT2D eigenvalue weighted by atomic mass is 15.4. The van der Waals surface area contributed by atoms with Gasteiger partial charge in [-0.2, -0.15) is 0 Å². The lowest BCUT2D eigenvalue weighted by molar-refractivity contribution is -0.923. The fourth-order valence-electron chi connectivity index (χ4n) is 4.80. The summed E-state index contributed by atoms with van der Waals surface area (Å²) in [6.45, 7) is 16.7. The van der Waals surface area contributed by atoms with Crippen LogP contribution in [0.1, 0.15) is 86.0 Å². The maximum absolute atomic E-state index is 4.08. The van der Waals surface area contributed by atoms with E-state index < -0.39 is 0 Å². The average Bonchev–Trinajstić information content (AvgIpc) is 3.35. The fraction of sp³-hybridized carbons (Fsp3) is 0.769. The monoisotopic (exact) mass is 374 g/mol. The Labute approximate surface area is 171 Å². The van der Waals surface area contributed by atoms with Crippen molar-refractivity contribution in [1.29, 1.82) is 0 Å². The van der Waals surface area contributed by atoms with Crippen LogP contribution in [0.5, 0.6) is 0 Å². The summed E-state index contributed by atoms with van der Waals surface area (Å²) in [5, 5.41) is 0. The molecule has 0 bridgehead atoms. The van der Waals surface area contributed by atoms with Gasteiger partial charge in [-0.3, -0.25) is 0 Å². The van der Waals surface area contributed by atoms with Crippen molar-refractivity contribution in [2.75, 3.05) is 20.6 Å². The van der Waals surface area contributed by atoms with Gasteiger partial charge in [0.15, 0.2) is 0 Å². The van der Waals surface area contributed by atoms with Crippen molar-refractivity contribution in [1.82, 2.24) is 0 Å². The topological polar surface area (TPSA) is 0 Å². The van der Waals surface area contributed by atoms with E-state index in [1.807, 2.05) is 0 Å². The van der Waals surface area contributed by atoms with E-state index in [-0.39, 0.29) is 0 Å². The summed E-state index contributed by atoms with van der Waals surface area (Å²) in [5.41, 5.74) is 2.01. The van der Waals surface area contributed by atoms with E-state index in [1.165, 1.54) is 57.9 Å². The molecule has 1 nitrogen and oxygen atoms in total. The molecule has 3 unspecified atom stereocenters. The Hall–Kier alpha value is -0.820. The summed E-state index contributed by atoms with van der Waals surface area (Å²) in [5.74, 6) is 2.11. The normalized spacial score (nSPS) is 24.6. The van der Waals surface area contributed by atoms with Gasteiger partial charge in [-0.15, -0.1) is 6.58 Å². The van der Waals surface area contributed by atoms with Gasteiger partial charge in [-0.1, -0.05) is 64.3 Å². The second kappa shape index (κ2) is 11.2. The van der Waals surface area contributed by atoms with Gasteiger partial charge < -0.3 is 4.48 Å². The Morgan fingerprint density at radius 2 is 1.89 bits per heavy atom. The fourth-order valence-corrected chi connectivity index (χ4v) is 4.80. The lowest BCUT2D eigenvalue weighted by Crippen LogP contribution is -2.53. The van der Waals surface area contributed by atoms with Gasteiger partial charge in [0.2, 0.25) is 0 Å². The zero-order chi connectivity index (χ0) is 20.5. The van der Waals surface area contributed by atoms with E-state index in [9.17, 15) is 0 Å². The second-order valence-electron chi connectivity index (χ2n) is 9.71. The molecule has 0 amide bonds. The number of allylic oxidation sites excluding steroid dienone is 3. The second-order valence-corrected chi connectivity index (χ2v) is 9.71. The minimum atomic E-state index is 0.355. The molecule has 156 valence electrons. The van der Waals surface area contributed by atoms with Gasteiger partial charge in [0.05, 0.1) is 20.6 Å². The first kappa shape index (κ1) is 24.2. The van der Waals surface area contributed by atoms with Crippen LogP contribution in [0.4, 0.5) is 0 Å². The Balaban J connectivity index is 2.71. The van der Waals surface area contributed by atoms with E-state index in [0.717, 1.165) is 10.4 Å². The van der Waals surface area contributed by atoms with Crippen LogP contribution in [-0.4, -0.2) is 30.7 Å². The van der Waals surface area contributed by atoms with Crippen molar-refractivity contribution >= 4 is 0 Å². The van der Waals surface area contributed by atoms with Crippen LogP contribution in [0, 0.1) is 17.8 Å².